The van der Waals surface area contributed by atoms with Crippen molar-refractivity contribution in [3.63, 3.8) is 0 Å². The van der Waals surface area contributed by atoms with Gasteiger partial charge in [0.05, 0.1) is 0 Å². The third-order valence-electron chi connectivity index (χ3n) is 4.55. The third-order valence-corrected chi connectivity index (χ3v) is 4.55. The summed E-state index contributed by atoms with van der Waals surface area (Å²) in [5.74, 6) is 0.867. The predicted octanol–water partition coefficient (Wildman–Crippen LogP) is 5.35. The summed E-state index contributed by atoms with van der Waals surface area (Å²) in [5.41, 5.74) is 5.83. The molecule has 0 bridgehead atoms. The van der Waals surface area contributed by atoms with E-state index in [-0.39, 0.29) is 21.1 Å². The molecule has 5 rings (SSSR count). The SMILES string of the molecule is [Pt].[c-]1cccc2c1-c1nc(Nc3ccccc3)cc3cccc(c13)C2. The van der Waals surface area contributed by atoms with Gasteiger partial charge in [0.1, 0.15) is 5.82 Å². The Labute approximate surface area is 161 Å². The minimum Gasteiger partial charge on any atom is -0.341 e. The summed E-state index contributed by atoms with van der Waals surface area (Å²) in [5, 5.41) is 5.90. The summed E-state index contributed by atoms with van der Waals surface area (Å²) < 4.78 is 0. The quantitative estimate of drug-likeness (QED) is 0.330. The van der Waals surface area contributed by atoms with E-state index in [1.807, 2.05) is 36.4 Å². The average molecular weight is 502 g/mol. The number of nitrogens with zero attached hydrogens (tertiary/aromatic N) is 1. The molecule has 0 fully saturated rings. The van der Waals surface area contributed by atoms with Crippen LogP contribution in [0.1, 0.15) is 11.1 Å². The van der Waals surface area contributed by atoms with Crippen LogP contribution in [0.3, 0.4) is 0 Å². The van der Waals surface area contributed by atoms with E-state index >= 15 is 0 Å². The molecule has 0 unspecified atom stereocenters. The monoisotopic (exact) mass is 502 g/mol. The molecule has 0 saturated heterocycles. The zero-order valence-electron chi connectivity index (χ0n) is 13.4. The summed E-state index contributed by atoms with van der Waals surface area (Å²) in [4.78, 5) is 4.93. The van der Waals surface area contributed by atoms with E-state index in [1.54, 1.807) is 0 Å². The van der Waals surface area contributed by atoms with Crippen molar-refractivity contribution in [3.8, 4) is 11.3 Å². The number of hydrogen-bond acceptors (Lipinski definition) is 2. The van der Waals surface area contributed by atoms with Crippen molar-refractivity contribution in [2.75, 3.05) is 5.32 Å². The maximum atomic E-state index is 4.93. The van der Waals surface area contributed by atoms with Gasteiger partial charge < -0.3 is 5.32 Å². The first kappa shape index (κ1) is 16.0. The molecule has 2 nitrogen and oxygen atoms in total. The largest absolute Gasteiger partial charge is 0.341 e. The number of anilines is 2. The number of fused-ring (bicyclic) bond motifs is 2. The van der Waals surface area contributed by atoms with E-state index in [9.17, 15) is 0 Å². The first-order valence-electron chi connectivity index (χ1n) is 8.13. The van der Waals surface area contributed by atoms with Crippen molar-refractivity contribution >= 4 is 22.3 Å². The molecule has 0 aliphatic heterocycles. The Morgan fingerprint density at radius 3 is 2.60 bits per heavy atom. The first-order valence-corrected chi connectivity index (χ1v) is 8.13. The van der Waals surface area contributed by atoms with Gasteiger partial charge in [-0.1, -0.05) is 42.0 Å². The van der Waals surface area contributed by atoms with E-state index in [4.69, 9.17) is 4.98 Å². The Morgan fingerprint density at radius 1 is 0.880 bits per heavy atom. The second kappa shape index (κ2) is 6.46. The zero-order valence-corrected chi connectivity index (χ0v) is 15.7. The van der Waals surface area contributed by atoms with Crippen LogP contribution in [0.2, 0.25) is 0 Å². The minimum absolute atomic E-state index is 0. The molecule has 1 aromatic heterocycles. The number of para-hydroxylation sites is 1. The maximum Gasteiger partial charge on any atom is 0.121 e. The predicted molar refractivity (Wildman–Crippen MR) is 98.5 cm³/mol. The third kappa shape index (κ3) is 2.77. The van der Waals surface area contributed by atoms with Crippen LogP contribution in [0.4, 0.5) is 11.5 Å². The first-order chi connectivity index (χ1) is 11.9. The maximum absolute atomic E-state index is 4.93. The van der Waals surface area contributed by atoms with Gasteiger partial charge in [-0.2, -0.15) is 0 Å². The van der Waals surface area contributed by atoms with Gasteiger partial charge in [0.25, 0.3) is 0 Å². The van der Waals surface area contributed by atoms with Crippen LogP contribution in [-0.2, 0) is 27.5 Å². The van der Waals surface area contributed by atoms with Gasteiger partial charge in [0.2, 0.25) is 0 Å². The molecule has 3 heteroatoms. The van der Waals surface area contributed by atoms with Crippen LogP contribution in [0.15, 0.2) is 72.8 Å². The molecule has 0 spiro atoms. The van der Waals surface area contributed by atoms with Crippen LogP contribution < -0.4 is 5.32 Å². The normalized spacial score (nSPS) is 11.5. The number of aromatic nitrogens is 1. The van der Waals surface area contributed by atoms with Crippen LogP contribution in [0.25, 0.3) is 22.0 Å². The molecule has 1 heterocycles. The topological polar surface area (TPSA) is 24.9 Å². The fourth-order valence-electron chi connectivity index (χ4n) is 3.49. The molecule has 4 aromatic rings. The molecule has 1 N–H and O–H groups in total. The van der Waals surface area contributed by atoms with E-state index < -0.39 is 0 Å². The molecular formula is C22H15N2Pt-. The number of rotatable bonds is 2. The minimum atomic E-state index is 0. The molecule has 0 radical (unpaired) electrons. The van der Waals surface area contributed by atoms with Crippen molar-refractivity contribution in [2.45, 2.75) is 6.42 Å². The van der Waals surface area contributed by atoms with Gasteiger partial charge in [-0.25, -0.2) is 0 Å². The summed E-state index contributed by atoms with van der Waals surface area (Å²) in [6.07, 6.45) is 0.949. The molecule has 0 saturated carbocycles. The van der Waals surface area contributed by atoms with Gasteiger partial charge in [0, 0.05) is 26.8 Å². The van der Waals surface area contributed by atoms with Crippen molar-refractivity contribution in [2.24, 2.45) is 0 Å². The summed E-state index contributed by atoms with van der Waals surface area (Å²) in [7, 11) is 0. The van der Waals surface area contributed by atoms with E-state index in [1.165, 1.54) is 21.9 Å². The molecular weight excluding hydrogens is 487 g/mol. The van der Waals surface area contributed by atoms with Crippen molar-refractivity contribution in [1.82, 2.24) is 4.98 Å². The Balaban J connectivity index is 0.00000157. The van der Waals surface area contributed by atoms with E-state index in [2.05, 4.69) is 47.8 Å². The van der Waals surface area contributed by atoms with Gasteiger partial charge in [-0.15, -0.1) is 35.4 Å². The van der Waals surface area contributed by atoms with E-state index in [0.717, 1.165) is 29.2 Å². The molecule has 1 aliphatic rings. The Kier molecular flexibility index (Phi) is 4.15. The number of pyridine rings is 1. The summed E-state index contributed by atoms with van der Waals surface area (Å²) >= 11 is 0. The molecule has 25 heavy (non-hydrogen) atoms. The molecule has 124 valence electrons. The molecule has 0 amide bonds. The Morgan fingerprint density at radius 2 is 1.72 bits per heavy atom. The van der Waals surface area contributed by atoms with E-state index in [0.29, 0.717) is 0 Å². The van der Waals surface area contributed by atoms with Crippen molar-refractivity contribution < 1.29 is 21.1 Å². The van der Waals surface area contributed by atoms with Crippen LogP contribution >= 0.6 is 0 Å². The van der Waals surface area contributed by atoms with Crippen molar-refractivity contribution in [3.05, 3.63) is 90.0 Å². The second-order valence-electron chi connectivity index (χ2n) is 6.11. The van der Waals surface area contributed by atoms with Crippen molar-refractivity contribution in [1.29, 1.82) is 0 Å². The summed E-state index contributed by atoms with van der Waals surface area (Å²) in [6, 6.07) is 28.4. The molecule has 1 aliphatic carbocycles. The Bertz CT molecular complexity index is 1060. The van der Waals surface area contributed by atoms with Gasteiger partial charge >= 0.3 is 0 Å². The second-order valence-corrected chi connectivity index (χ2v) is 6.11. The standard InChI is InChI=1S/C22H15N2.Pt/c1-2-10-18(11-3-1)23-20-14-17-9-6-8-16-13-15-7-4-5-12-19(15)22(24-20)21(16)17;/h1-11,14H,13H2,(H,23,24);/q-1;. The smallest absolute Gasteiger partial charge is 0.121 e. The molecule has 3 aromatic carbocycles. The van der Waals surface area contributed by atoms with Crippen LogP contribution in [0.5, 0.6) is 0 Å². The summed E-state index contributed by atoms with van der Waals surface area (Å²) in [6.45, 7) is 0. The number of benzene rings is 3. The fraction of sp³-hybridized carbons (Fsp3) is 0.0455. The van der Waals surface area contributed by atoms with Gasteiger partial charge in [-0.05, 0) is 41.1 Å². The Hall–Kier alpha value is -2.44. The average Bonchev–Trinajstić information content (AvgIpc) is 2.63. The van der Waals surface area contributed by atoms with Gasteiger partial charge in [-0.3, -0.25) is 4.98 Å². The molecule has 0 atom stereocenters. The van der Waals surface area contributed by atoms with Crippen LogP contribution in [0, 0.1) is 6.07 Å². The van der Waals surface area contributed by atoms with Crippen LogP contribution in [-0.4, -0.2) is 4.98 Å². The fourth-order valence-corrected chi connectivity index (χ4v) is 3.49. The number of nitrogens with one attached hydrogen (secondary N) is 1. The van der Waals surface area contributed by atoms with Gasteiger partial charge in [0.15, 0.2) is 0 Å². The zero-order chi connectivity index (χ0) is 15.9. The number of hydrogen-bond donors (Lipinski definition) is 1.